The molecule has 10 heteroatoms. The topological polar surface area (TPSA) is 107 Å². The Balaban J connectivity index is 1.25. The van der Waals surface area contributed by atoms with Gasteiger partial charge in [-0.1, -0.05) is 42.1 Å². The first-order chi connectivity index (χ1) is 17.1. The molecule has 1 fully saturated rings. The molecule has 0 bridgehead atoms. The smallest absolute Gasteiger partial charge is 0.253 e. The zero-order chi connectivity index (χ0) is 24.2. The van der Waals surface area contributed by atoms with Gasteiger partial charge in [0.2, 0.25) is 5.91 Å². The van der Waals surface area contributed by atoms with E-state index in [9.17, 15) is 9.59 Å². The van der Waals surface area contributed by atoms with Gasteiger partial charge in [0, 0.05) is 12.6 Å². The van der Waals surface area contributed by atoms with Gasteiger partial charge in [-0.2, -0.15) is 0 Å². The lowest BCUT2D eigenvalue weighted by Crippen LogP contribution is -2.27. The predicted octanol–water partition coefficient (Wildman–Crippen LogP) is 3.60. The van der Waals surface area contributed by atoms with Crippen LogP contribution in [-0.4, -0.2) is 45.0 Å². The summed E-state index contributed by atoms with van der Waals surface area (Å²) in [7, 11) is 0. The van der Waals surface area contributed by atoms with Crippen molar-refractivity contribution < 1.29 is 19.1 Å². The zero-order valence-corrected chi connectivity index (χ0v) is 19.8. The van der Waals surface area contributed by atoms with E-state index in [1.807, 2.05) is 28.8 Å². The lowest BCUT2D eigenvalue weighted by molar-refractivity contribution is -0.113. The maximum absolute atomic E-state index is 12.7. The van der Waals surface area contributed by atoms with Gasteiger partial charge in [0.05, 0.1) is 17.0 Å². The summed E-state index contributed by atoms with van der Waals surface area (Å²) < 4.78 is 13.8. The molecule has 0 unspecified atom stereocenters. The third kappa shape index (κ3) is 5.32. The molecule has 0 radical (unpaired) electrons. The number of benzene rings is 2. The molecule has 0 saturated heterocycles. The van der Waals surface area contributed by atoms with Crippen molar-refractivity contribution in [3.63, 3.8) is 0 Å². The molecule has 1 aliphatic carbocycles. The molecule has 35 heavy (non-hydrogen) atoms. The van der Waals surface area contributed by atoms with Crippen LogP contribution in [-0.2, 0) is 11.3 Å². The van der Waals surface area contributed by atoms with Crippen molar-refractivity contribution in [1.82, 2.24) is 20.1 Å². The van der Waals surface area contributed by atoms with Gasteiger partial charge < -0.3 is 20.1 Å². The third-order valence-corrected chi connectivity index (χ3v) is 6.51. The van der Waals surface area contributed by atoms with Crippen molar-refractivity contribution in [2.75, 3.05) is 17.7 Å². The van der Waals surface area contributed by atoms with Crippen LogP contribution in [0.3, 0.4) is 0 Å². The highest BCUT2D eigenvalue weighted by Crippen LogP contribution is 2.36. The van der Waals surface area contributed by atoms with Gasteiger partial charge in [0.25, 0.3) is 5.91 Å². The highest BCUT2D eigenvalue weighted by Gasteiger charge is 2.29. The number of carbonyl (C=O) groups excluding carboxylic acids is 2. The third-order valence-electron chi connectivity index (χ3n) is 5.54. The van der Waals surface area contributed by atoms with E-state index in [1.54, 1.807) is 30.3 Å². The minimum absolute atomic E-state index is 0.0959. The molecule has 1 saturated carbocycles. The van der Waals surface area contributed by atoms with E-state index in [-0.39, 0.29) is 23.6 Å². The lowest BCUT2D eigenvalue weighted by Gasteiger charge is -2.26. The van der Waals surface area contributed by atoms with Gasteiger partial charge in [-0.25, -0.2) is 0 Å². The van der Waals surface area contributed by atoms with Gasteiger partial charge in [0.1, 0.15) is 6.61 Å². The van der Waals surface area contributed by atoms with Crippen LogP contribution in [0, 0.1) is 0 Å². The number of nitrogens with zero attached hydrogens (tertiary/aromatic N) is 3. The number of para-hydroxylation sites is 3. The number of allylic oxidation sites excluding steroid dienone is 1. The van der Waals surface area contributed by atoms with E-state index < -0.39 is 6.10 Å². The van der Waals surface area contributed by atoms with E-state index >= 15 is 0 Å². The van der Waals surface area contributed by atoms with Crippen molar-refractivity contribution >= 4 is 29.3 Å². The van der Waals surface area contributed by atoms with Crippen LogP contribution < -0.4 is 20.1 Å². The van der Waals surface area contributed by atoms with E-state index in [0.29, 0.717) is 46.9 Å². The van der Waals surface area contributed by atoms with Crippen LogP contribution in [0.5, 0.6) is 11.5 Å². The number of fused-ring (bicyclic) bond motifs is 1. The van der Waals surface area contributed by atoms with Crippen molar-refractivity contribution in [2.45, 2.75) is 36.7 Å². The Morgan fingerprint density at radius 2 is 1.89 bits per heavy atom. The SMILES string of the molecule is C=CCn1c(SCC(=O)Nc2ccccc2C(=O)NC2CC2)nnc1[C@@H]1COc2ccccc2O1. The first-order valence-electron chi connectivity index (χ1n) is 11.4. The molecule has 1 aliphatic heterocycles. The molecular formula is C25H25N5O4S. The highest BCUT2D eigenvalue weighted by atomic mass is 32.2. The van der Waals surface area contributed by atoms with Gasteiger partial charge in [-0.15, -0.1) is 16.8 Å². The van der Waals surface area contributed by atoms with Gasteiger partial charge in [0.15, 0.2) is 28.6 Å². The molecule has 5 rings (SSSR count). The second-order valence-electron chi connectivity index (χ2n) is 8.23. The number of amides is 2. The number of nitrogens with one attached hydrogen (secondary N) is 2. The van der Waals surface area contributed by atoms with Gasteiger partial charge in [-0.05, 0) is 37.1 Å². The molecule has 2 aromatic carbocycles. The predicted molar refractivity (Wildman–Crippen MR) is 132 cm³/mol. The zero-order valence-electron chi connectivity index (χ0n) is 19.0. The first kappa shape index (κ1) is 23.0. The molecule has 2 aliphatic rings. The summed E-state index contributed by atoms with van der Waals surface area (Å²) in [5, 5.41) is 15.0. The number of carbonyl (C=O) groups is 2. The minimum Gasteiger partial charge on any atom is -0.485 e. The van der Waals surface area contributed by atoms with Crippen LogP contribution in [0.1, 0.15) is 35.1 Å². The number of hydrogen-bond donors (Lipinski definition) is 2. The maximum Gasteiger partial charge on any atom is 0.253 e. The van der Waals surface area contributed by atoms with E-state index in [1.165, 1.54) is 11.8 Å². The second-order valence-corrected chi connectivity index (χ2v) is 9.18. The summed E-state index contributed by atoms with van der Waals surface area (Å²) in [5.74, 6) is 1.61. The lowest BCUT2D eigenvalue weighted by atomic mass is 10.1. The minimum atomic E-state index is -0.433. The summed E-state index contributed by atoms with van der Waals surface area (Å²) in [6.45, 7) is 4.59. The fraction of sp³-hybridized carbons (Fsp3) is 0.280. The average Bonchev–Trinajstić information content (AvgIpc) is 3.60. The molecule has 2 N–H and O–H groups in total. The molecular weight excluding hydrogens is 466 g/mol. The average molecular weight is 492 g/mol. The number of hydrogen-bond acceptors (Lipinski definition) is 7. The van der Waals surface area contributed by atoms with Crippen LogP contribution in [0.2, 0.25) is 0 Å². The van der Waals surface area contributed by atoms with Crippen LogP contribution in [0.15, 0.2) is 66.3 Å². The van der Waals surface area contributed by atoms with Crippen molar-refractivity contribution in [3.05, 3.63) is 72.6 Å². The number of ether oxygens (including phenoxy) is 2. The van der Waals surface area contributed by atoms with Crippen LogP contribution in [0.4, 0.5) is 5.69 Å². The second kappa shape index (κ2) is 10.2. The summed E-state index contributed by atoms with van der Waals surface area (Å²) in [4.78, 5) is 25.2. The summed E-state index contributed by atoms with van der Waals surface area (Å²) >= 11 is 1.25. The van der Waals surface area contributed by atoms with E-state index in [0.717, 1.165) is 12.8 Å². The van der Waals surface area contributed by atoms with Crippen molar-refractivity contribution in [3.8, 4) is 11.5 Å². The maximum atomic E-state index is 12.7. The normalized spacial score (nSPS) is 16.4. The summed E-state index contributed by atoms with van der Waals surface area (Å²) in [6, 6.07) is 14.7. The molecule has 3 aromatic rings. The largest absolute Gasteiger partial charge is 0.485 e. The Hall–Kier alpha value is -3.79. The quantitative estimate of drug-likeness (QED) is 0.348. The fourth-order valence-corrected chi connectivity index (χ4v) is 4.44. The Kier molecular flexibility index (Phi) is 6.71. The van der Waals surface area contributed by atoms with E-state index in [4.69, 9.17) is 9.47 Å². The molecule has 180 valence electrons. The Bertz CT molecular complexity index is 1260. The van der Waals surface area contributed by atoms with Crippen molar-refractivity contribution in [2.24, 2.45) is 0 Å². The number of rotatable bonds is 9. The molecule has 1 atom stereocenters. The van der Waals surface area contributed by atoms with Crippen LogP contribution in [0.25, 0.3) is 0 Å². The summed E-state index contributed by atoms with van der Waals surface area (Å²) in [6.07, 6.45) is 3.30. The number of anilines is 1. The molecule has 1 aromatic heterocycles. The Labute approximate surface area is 206 Å². The standard InChI is InChI=1S/C25H25N5O4S/c1-2-13-30-23(21-14-33-19-9-5-6-10-20(19)34-21)28-29-25(30)35-15-22(31)27-18-8-4-3-7-17(18)24(32)26-16-11-12-16/h2-10,16,21H,1,11-15H2,(H,26,32)(H,27,31)/t21-/m0/s1. The number of thioether (sulfide) groups is 1. The van der Waals surface area contributed by atoms with Gasteiger partial charge in [-0.3, -0.25) is 14.2 Å². The fourth-order valence-electron chi connectivity index (χ4n) is 3.69. The molecule has 2 heterocycles. The monoisotopic (exact) mass is 491 g/mol. The van der Waals surface area contributed by atoms with E-state index in [2.05, 4.69) is 27.4 Å². The number of aromatic nitrogens is 3. The van der Waals surface area contributed by atoms with Crippen LogP contribution >= 0.6 is 11.8 Å². The molecule has 0 spiro atoms. The Morgan fingerprint density at radius 1 is 1.11 bits per heavy atom. The first-order valence-corrected chi connectivity index (χ1v) is 12.4. The molecule has 9 nitrogen and oxygen atoms in total. The Morgan fingerprint density at radius 3 is 2.69 bits per heavy atom. The summed E-state index contributed by atoms with van der Waals surface area (Å²) in [5.41, 5.74) is 0.931. The highest BCUT2D eigenvalue weighted by molar-refractivity contribution is 7.99. The molecule has 2 amide bonds. The van der Waals surface area contributed by atoms with Gasteiger partial charge >= 0.3 is 0 Å². The van der Waals surface area contributed by atoms with Crippen molar-refractivity contribution in [1.29, 1.82) is 0 Å².